The van der Waals surface area contributed by atoms with Crippen LogP contribution in [0.2, 0.25) is 0 Å². The van der Waals surface area contributed by atoms with E-state index < -0.39 is 12.0 Å². The van der Waals surface area contributed by atoms with Gasteiger partial charge in [-0.05, 0) is 11.1 Å². The molecule has 0 aliphatic rings. The Kier molecular flexibility index (Phi) is 5.49. The predicted octanol–water partition coefficient (Wildman–Crippen LogP) is 1.25. The number of nitrogens with two attached hydrogens (primary N) is 1. The number of carbonyl (C=O) groups excluding carboxylic acids is 1. The van der Waals surface area contributed by atoms with Crippen LogP contribution in [0.5, 0.6) is 0 Å². The Labute approximate surface area is 124 Å². The minimum atomic E-state index is -1.16. The molecule has 110 valence electrons. The quantitative estimate of drug-likeness (QED) is 0.716. The predicted molar refractivity (Wildman–Crippen MR) is 82.8 cm³/mol. The molecule has 0 saturated heterocycles. The molecule has 2 aromatic rings. The molecule has 0 radical (unpaired) electrons. The van der Waals surface area contributed by atoms with Crippen molar-refractivity contribution >= 4 is 5.91 Å². The second-order valence-corrected chi connectivity index (χ2v) is 4.95. The highest BCUT2D eigenvalue weighted by Crippen LogP contribution is 2.23. The molecule has 0 aliphatic carbocycles. The molecule has 1 unspecified atom stereocenters. The minimum Gasteiger partial charge on any atom is -0.382 e. The first-order valence-electron chi connectivity index (χ1n) is 6.96. The summed E-state index contributed by atoms with van der Waals surface area (Å²) >= 11 is 0. The van der Waals surface area contributed by atoms with Crippen LogP contribution in [0, 0.1) is 0 Å². The highest BCUT2D eigenvalue weighted by Gasteiger charge is 2.15. The van der Waals surface area contributed by atoms with Gasteiger partial charge in [-0.2, -0.15) is 0 Å². The molecule has 0 saturated carbocycles. The zero-order valence-electron chi connectivity index (χ0n) is 11.8. The number of hydrogen-bond acceptors (Lipinski definition) is 3. The number of primary amides is 1. The summed E-state index contributed by atoms with van der Waals surface area (Å²) in [6.45, 7) is 0.782. The average molecular weight is 284 g/mol. The number of benzene rings is 2. The monoisotopic (exact) mass is 284 g/mol. The number of aliphatic hydroxyl groups is 1. The van der Waals surface area contributed by atoms with Crippen molar-refractivity contribution < 1.29 is 9.90 Å². The lowest BCUT2D eigenvalue weighted by atomic mass is 9.91. The van der Waals surface area contributed by atoms with E-state index in [1.165, 1.54) is 11.1 Å². The molecule has 0 bridgehead atoms. The lowest BCUT2D eigenvalue weighted by Gasteiger charge is -2.19. The molecular formula is C17H20N2O2. The van der Waals surface area contributed by atoms with Crippen LogP contribution in [0.1, 0.15) is 17.0 Å². The molecule has 2 rings (SSSR count). The molecule has 0 fully saturated rings. The Morgan fingerprint density at radius 3 is 1.86 bits per heavy atom. The van der Waals surface area contributed by atoms with E-state index in [1.807, 2.05) is 36.4 Å². The van der Waals surface area contributed by atoms with Crippen molar-refractivity contribution in [2.24, 2.45) is 5.73 Å². The summed E-state index contributed by atoms with van der Waals surface area (Å²) in [7, 11) is 0. The summed E-state index contributed by atoms with van der Waals surface area (Å²) in [5.41, 5.74) is 7.42. The van der Waals surface area contributed by atoms with Gasteiger partial charge in [-0.1, -0.05) is 60.7 Å². The molecular weight excluding hydrogens is 264 g/mol. The number of rotatable bonds is 7. The molecule has 4 nitrogen and oxygen atoms in total. The van der Waals surface area contributed by atoms with Gasteiger partial charge >= 0.3 is 0 Å². The van der Waals surface area contributed by atoms with E-state index >= 15 is 0 Å². The summed E-state index contributed by atoms with van der Waals surface area (Å²) < 4.78 is 0. The van der Waals surface area contributed by atoms with Crippen LogP contribution in [-0.4, -0.2) is 30.2 Å². The Morgan fingerprint density at radius 1 is 0.952 bits per heavy atom. The number of carbonyl (C=O) groups is 1. The maximum atomic E-state index is 10.8. The summed E-state index contributed by atoms with van der Waals surface area (Å²) in [5, 5.41) is 12.6. The maximum absolute atomic E-state index is 10.8. The second-order valence-electron chi connectivity index (χ2n) is 4.95. The number of hydrogen-bond donors (Lipinski definition) is 3. The Bertz CT molecular complexity index is 518. The Morgan fingerprint density at radius 2 is 1.43 bits per heavy atom. The highest BCUT2D eigenvalue weighted by atomic mass is 16.3. The lowest BCUT2D eigenvalue weighted by Crippen LogP contribution is -2.39. The molecule has 1 amide bonds. The van der Waals surface area contributed by atoms with Crippen LogP contribution >= 0.6 is 0 Å². The minimum absolute atomic E-state index is 0.158. The van der Waals surface area contributed by atoms with Crippen LogP contribution in [0.25, 0.3) is 0 Å². The van der Waals surface area contributed by atoms with Gasteiger partial charge in [-0.25, -0.2) is 0 Å². The van der Waals surface area contributed by atoms with E-state index in [2.05, 4.69) is 29.6 Å². The Balaban J connectivity index is 2.09. The summed E-state index contributed by atoms with van der Waals surface area (Å²) in [6.07, 6.45) is -1.16. The lowest BCUT2D eigenvalue weighted by molar-refractivity contribution is -0.125. The van der Waals surface area contributed by atoms with Crippen LogP contribution in [0.15, 0.2) is 60.7 Å². The fourth-order valence-corrected chi connectivity index (χ4v) is 2.26. The second kappa shape index (κ2) is 7.57. The largest absolute Gasteiger partial charge is 0.382 e. The number of aliphatic hydroxyl groups excluding tert-OH is 1. The van der Waals surface area contributed by atoms with Crippen molar-refractivity contribution in [1.82, 2.24) is 5.32 Å². The van der Waals surface area contributed by atoms with E-state index in [4.69, 9.17) is 5.73 Å². The summed E-state index contributed by atoms with van der Waals surface area (Å²) in [5.74, 6) is -0.550. The molecule has 0 aliphatic heterocycles. The van der Waals surface area contributed by atoms with Crippen LogP contribution in [0.3, 0.4) is 0 Å². The SMILES string of the molecule is NC(=O)C(O)CNCC(c1ccccc1)c1ccccc1. The van der Waals surface area contributed by atoms with Crippen molar-refractivity contribution in [3.05, 3.63) is 71.8 Å². The normalized spacial score (nSPS) is 12.3. The van der Waals surface area contributed by atoms with Gasteiger partial charge in [-0.15, -0.1) is 0 Å². The first-order chi connectivity index (χ1) is 10.2. The highest BCUT2D eigenvalue weighted by molar-refractivity contribution is 5.78. The van der Waals surface area contributed by atoms with Gasteiger partial charge in [0.05, 0.1) is 0 Å². The van der Waals surface area contributed by atoms with Crippen molar-refractivity contribution in [2.75, 3.05) is 13.1 Å². The van der Waals surface area contributed by atoms with Crippen LogP contribution in [0.4, 0.5) is 0 Å². The third-order valence-electron chi connectivity index (χ3n) is 3.42. The standard InChI is InChI=1S/C17H20N2O2/c18-17(21)16(20)12-19-11-15(13-7-3-1-4-8-13)14-9-5-2-6-10-14/h1-10,15-16,19-20H,11-12H2,(H2,18,21). The summed E-state index contributed by atoms with van der Waals surface area (Å²) in [6, 6.07) is 20.3. The zero-order valence-corrected chi connectivity index (χ0v) is 11.8. The molecule has 4 N–H and O–H groups in total. The third-order valence-corrected chi connectivity index (χ3v) is 3.42. The van der Waals surface area contributed by atoms with Crippen molar-refractivity contribution in [2.45, 2.75) is 12.0 Å². The van der Waals surface area contributed by atoms with Gasteiger partial charge in [0.25, 0.3) is 0 Å². The van der Waals surface area contributed by atoms with Gasteiger partial charge < -0.3 is 16.2 Å². The van der Waals surface area contributed by atoms with Gasteiger partial charge in [0.15, 0.2) is 0 Å². The van der Waals surface area contributed by atoms with E-state index in [9.17, 15) is 9.90 Å². The van der Waals surface area contributed by atoms with E-state index in [0.717, 1.165) is 0 Å². The smallest absolute Gasteiger partial charge is 0.247 e. The Hall–Kier alpha value is -2.17. The van der Waals surface area contributed by atoms with E-state index in [0.29, 0.717) is 6.54 Å². The third kappa shape index (κ3) is 4.41. The van der Waals surface area contributed by atoms with Crippen molar-refractivity contribution in [3.8, 4) is 0 Å². The molecule has 2 aromatic carbocycles. The molecule has 4 heteroatoms. The summed E-state index contributed by atoms with van der Waals surface area (Å²) in [4.78, 5) is 10.8. The fraction of sp³-hybridized carbons (Fsp3) is 0.235. The maximum Gasteiger partial charge on any atom is 0.247 e. The number of nitrogens with one attached hydrogen (secondary N) is 1. The van der Waals surface area contributed by atoms with Gasteiger partial charge in [0.1, 0.15) is 6.10 Å². The van der Waals surface area contributed by atoms with Crippen molar-refractivity contribution in [3.63, 3.8) is 0 Å². The molecule has 0 heterocycles. The molecule has 0 spiro atoms. The van der Waals surface area contributed by atoms with Crippen LogP contribution < -0.4 is 11.1 Å². The fourth-order valence-electron chi connectivity index (χ4n) is 2.26. The zero-order chi connectivity index (χ0) is 15.1. The van der Waals surface area contributed by atoms with Crippen LogP contribution in [-0.2, 0) is 4.79 Å². The van der Waals surface area contributed by atoms with Gasteiger partial charge in [0, 0.05) is 19.0 Å². The number of amides is 1. The van der Waals surface area contributed by atoms with Crippen molar-refractivity contribution in [1.29, 1.82) is 0 Å². The topological polar surface area (TPSA) is 75.4 Å². The first kappa shape index (κ1) is 15.2. The first-order valence-corrected chi connectivity index (χ1v) is 6.96. The van der Waals surface area contributed by atoms with Gasteiger partial charge in [-0.3, -0.25) is 4.79 Å². The van der Waals surface area contributed by atoms with E-state index in [1.54, 1.807) is 0 Å². The van der Waals surface area contributed by atoms with E-state index in [-0.39, 0.29) is 12.5 Å². The molecule has 1 atom stereocenters. The molecule has 0 aromatic heterocycles. The molecule has 21 heavy (non-hydrogen) atoms. The van der Waals surface area contributed by atoms with Gasteiger partial charge in [0.2, 0.25) is 5.91 Å². The average Bonchev–Trinajstić information content (AvgIpc) is 2.53.